The van der Waals surface area contributed by atoms with Gasteiger partial charge < -0.3 is 10.6 Å². The molecule has 4 nitrogen and oxygen atoms in total. The second kappa shape index (κ2) is 10.3. The standard InChI is InChI=1S/C21H25FN2O2/c1-2-3-4-5-6-16-7-9-17(10-8-16)21(26)23-15-20(25)24-19-13-11-18(22)12-14-19/h7-14H,2-6,15H2,1H3,(H,23,26)(H,24,25). The molecule has 0 aromatic heterocycles. The van der Waals surface area contributed by atoms with Gasteiger partial charge >= 0.3 is 0 Å². The van der Waals surface area contributed by atoms with Crippen molar-refractivity contribution in [3.8, 4) is 0 Å². The van der Waals surface area contributed by atoms with Gasteiger partial charge in [-0.15, -0.1) is 0 Å². The molecule has 0 saturated heterocycles. The van der Waals surface area contributed by atoms with E-state index in [9.17, 15) is 14.0 Å². The Morgan fingerprint density at radius 2 is 1.62 bits per heavy atom. The van der Waals surface area contributed by atoms with E-state index in [1.807, 2.05) is 12.1 Å². The van der Waals surface area contributed by atoms with Gasteiger partial charge in [-0.2, -0.15) is 0 Å². The lowest BCUT2D eigenvalue weighted by atomic mass is 10.0. The van der Waals surface area contributed by atoms with Crippen molar-refractivity contribution in [3.63, 3.8) is 0 Å². The second-order valence-electron chi connectivity index (χ2n) is 6.25. The summed E-state index contributed by atoms with van der Waals surface area (Å²) in [4.78, 5) is 24.0. The molecule has 2 N–H and O–H groups in total. The van der Waals surface area contributed by atoms with Crippen LogP contribution in [0.3, 0.4) is 0 Å². The molecule has 2 aromatic rings. The van der Waals surface area contributed by atoms with E-state index in [0.29, 0.717) is 11.3 Å². The van der Waals surface area contributed by atoms with Crippen LogP contribution in [0.4, 0.5) is 10.1 Å². The zero-order valence-electron chi connectivity index (χ0n) is 15.1. The molecule has 0 fully saturated rings. The van der Waals surface area contributed by atoms with Crippen molar-refractivity contribution in [2.75, 3.05) is 11.9 Å². The van der Waals surface area contributed by atoms with Crippen molar-refractivity contribution in [1.82, 2.24) is 5.32 Å². The Hall–Kier alpha value is -2.69. The zero-order valence-corrected chi connectivity index (χ0v) is 15.1. The molecule has 0 aliphatic rings. The van der Waals surface area contributed by atoms with Crippen LogP contribution in [0.15, 0.2) is 48.5 Å². The molecule has 0 bridgehead atoms. The third kappa shape index (κ3) is 6.67. The number of carbonyl (C=O) groups excluding carboxylic acids is 2. The van der Waals surface area contributed by atoms with Crippen LogP contribution in [0.1, 0.15) is 48.5 Å². The molecule has 0 spiro atoms. The molecule has 138 valence electrons. The molecule has 2 aromatic carbocycles. The average Bonchev–Trinajstić information content (AvgIpc) is 2.66. The molecule has 0 aliphatic heterocycles. The van der Waals surface area contributed by atoms with E-state index in [2.05, 4.69) is 17.6 Å². The summed E-state index contributed by atoms with van der Waals surface area (Å²) in [5.41, 5.74) is 2.22. The Labute approximate surface area is 153 Å². The topological polar surface area (TPSA) is 58.2 Å². The first-order valence-corrected chi connectivity index (χ1v) is 9.01. The highest BCUT2D eigenvalue weighted by Gasteiger charge is 2.08. The smallest absolute Gasteiger partial charge is 0.251 e. The fraction of sp³-hybridized carbons (Fsp3) is 0.333. The van der Waals surface area contributed by atoms with Gasteiger partial charge in [0.1, 0.15) is 5.82 Å². The minimum Gasteiger partial charge on any atom is -0.343 e. The molecule has 0 heterocycles. The van der Waals surface area contributed by atoms with E-state index in [0.717, 1.165) is 12.8 Å². The fourth-order valence-corrected chi connectivity index (χ4v) is 2.58. The summed E-state index contributed by atoms with van der Waals surface area (Å²) in [6, 6.07) is 12.9. The number of rotatable bonds is 9. The summed E-state index contributed by atoms with van der Waals surface area (Å²) < 4.78 is 12.8. The van der Waals surface area contributed by atoms with E-state index in [4.69, 9.17) is 0 Å². The molecule has 0 unspecified atom stereocenters. The number of halogens is 1. The minimum atomic E-state index is -0.370. The van der Waals surface area contributed by atoms with Crippen molar-refractivity contribution in [3.05, 3.63) is 65.5 Å². The van der Waals surface area contributed by atoms with Gasteiger partial charge in [0, 0.05) is 11.3 Å². The highest BCUT2D eigenvalue weighted by molar-refractivity contribution is 5.99. The van der Waals surface area contributed by atoms with Gasteiger partial charge in [-0.25, -0.2) is 4.39 Å². The van der Waals surface area contributed by atoms with Gasteiger partial charge in [0.05, 0.1) is 6.54 Å². The molecular weight excluding hydrogens is 331 g/mol. The lowest BCUT2D eigenvalue weighted by molar-refractivity contribution is -0.115. The molecular formula is C21H25FN2O2. The van der Waals surface area contributed by atoms with Crippen LogP contribution in [-0.4, -0.2) is 18.4 Å². The summed E-state index contributed by atoms with van der Waals surface area (Å²) in [6.07, 6.45) is 5.86. The predicted molar refractivity (Wildman–Crippen MR) is 102 cm³/mol. The van der Waals surface area contributed by atoms with Crippen LogP contribution in [-0.2, 0) is 11.2 Å². The van der Waals surface area contributed by atoms with E-state index in [1.54, 1.807) is 12.1 Å². The summed E-state index contributed by atoms with van der Waals surface area (Å²) >= 11 is 0. The van der Waals surface area contributed by atoms with E-state index in [1.165, 1.54) is 49.1 Å². The SMILES string of the molecule is CCCCCCc1ccc(C(=O)NCC(=O)Nc2ccc(F)cc2)cc1. The molecule has 0 radical (unpaired) electrons. The van der Waals surface area contributed by atoms with Gasteiger partial charge in [-0.1, -0.05) is 38.3 Å². The number of nitrogens with one attached hydrogen (secondary N) is 2. The molecule has 2 amide bonds. The van der Waals surface area contributed by atoms with Gasteiger partial charge in [-0.3, -0.25) is 9.59 Å². The fourth-order valence-electron chi connectivity index (χ4n) is 2.58. The van der Waals surface area contributed by atoms with Crippen LogP contribution in [0, 0.1) is 5.82 Å². The number of anilines is 1. The molecule has 5 heteroatoms. The third-order valence-electron chi connectivity index (χ3n) is 4.07. The first-order valence-electron chi connectivity index (χ1n) is 9.01. The number of unbranched alkanes of at least 4 members (excludes halogenated alkanes) is 3. The quantitative estimate of drug-likeness (QED) is 0.658. The van der Waals surface area contributed by atoms with Crippen molar-refractivity contribution < 1.29 is 14.0 Å². The maximum Gasteiger partial charge on any atom is 0.251 e. The maximum atomic E-state index is 12.8. The second-order valence-corrected chi connectivity index (χ2v) is 6.25. The van der Waals surface area contributed by atoms with Crippen molar-refractivity contribution in [2.45, 2.75) is 39.0 Å². The molecule has 0 aliphatic carbocycles. The minimum absolute atomic E-state index is 0.144. The van der Waals surface area contributed by atoms with Gasteiger partial charge in [0.2, 0.25) is 5.91 Å². The number of hydrogen-bond acceptors (Lipinski definition) is 2. The Bertz CT molecular complexity index is 712. The number of hydrogen-bond donors (Lipinski definition) is 2. The number of benzene rings is 2. The highest BCUT2D eigenvalue weighted by Crippen LogP contribution is 2.10. The third-order valence-corrected chi connectivity index (χ3v) is 4.07. The lowest BCUT2D eigenvalue weighted by Gasteiger charge is -2.08. The Balaban J connectivity index is 1.76. The largest absolute Gasteiger partial charge is 0.343 e. The first-order chi connectivity index (χ1) is 12.6. The monoisotopic (exact) mass is 356 g/mol. The predicted octanol–water partition coefficient (Wildman–Crippen LogP) is 4.32. The van der Waals surface area contributed by atoms with E-state index in [-0.39, 0.29) is 24.2 Å². The summed E-state index contributed by atoms with van der Waals surface area (Å²) in [6.45, 7) is 2.04. The van der Waals surface area contributed by atoms with Crippen molar-refractivity contribution in [1.29, 1.82) is 0 Å². The van der Waals surface area contributed by atoms with Crippen LogP contribution in [0.2, 0.25) is 0 Å². The molecule has 26 heavy (non-hydrogen) atoms. The van der Waals surface area contributed by atoms with Crippen molar-refractivity contribution in [2.24, 2.45) is 0 Å². The van der Waals surface area contributed by atoms with Gasteiger partial charge in [0.15, 0.2) is 0 Å². The van der Waals surface area contributed by atoms with Crippen LogP contribution < -0.4 is 10.6 Å². The van der Waals surface area contributed by atoms with Gasteiger partial charge in [0.25, 0.3) is 5.91 Å². The summed E-state index contributed by atoms with van der Waals surface area (Å²) in [7, 11) is 0. The van der Waals surface area contributed by atoms with Crippen molar-refractivity contribution >= 4 is 17.5 Å². The Morgan fingerprint density at radius 1 is 0.923 bits per heavy atom. The van der Waals surface area contributed by atoms with Crippen LogP contribution in [0.25, 0.3) is 0 Å². The zero-order chi connectivity index (χ0) is 18.8. The van der Waals surface area contributed by atoms with Crippen LogP contribution in [0.5, 0.6) is 0 Å². The van der Waals surface area contributed by atoms with Crippen LogP contribution >= 0.6 is 0 Å². The summed E-state index contributed by atoms with van der Waals surface area (Å²) in [5, 5.41) is 5.18. The lowest BCUT2D eigenvalue weighted by Crippen LogP contribution is -2.32. The summed E-state index contributed by atoms with van der Waals surface area (Å²) in [5.74, 6) is -1.03. The normalized spacial score (nSPS) is 10.4. The first kappa shape index (κ1) is 19.6. The van der Waals surface area contributed by atoms with E-state index < -0.39 is 0 Å². The van der Waals surface area contributed by atoms with Gasteiger partial charge in [-0.05, 0) is 54.8 Å². The Morgan fingerprint density at radius 3 is 2.27 bits per heavy atom. The number of amides is 2. The highest BCUT2D eigenvalue weighted by atomic mass is 19.1. The number of aryl methyl sites for hydroxylation is 1. The number of carbonyl (C=O) groups is 2. The Kier molecular flexibility index (Phi) is 7.80. The maximum absolute atomic E-state index is 12.8. The molecule has 2 rings (SSSR count). The molecule has 0 atom stereocenters. The average molecular weight is 356 g/mol. The molecule has 0 saturated carbocycles. The van der Waals surface area contributed by atoms with E-state index >= 15 is 0 Å².